The molecular weight excluding hydrogens is 366 g/mol. The maximum atomic E-state index is 13.1. The van der Waals surface area contributed by atoms with Crippen molar-refractivity contribution in [2.75, 3.05) is 26.2 Å². The molecular formula is C24H25NO4. The molecule has 0 saturated carbocycles. The summed E-state index contributed by atoms with van der Waals surface area (Å²) in [6, 6.07) is 1.96. The number of nitrogens with zero attached hydrogens (tertiary/aromatic N) is 1. The third kappa shape index (κ3) is 4.10. The first-order valence-corrected chi connectivity index (χ1v) is 9.75. The van der Waals surface area contributed by atoms with E-state index in [4.69, 9.17) is 16.0 Å². The zero-order valence-corrected chi connectivity index (χ0v) is 16.3. The van der Waals surface area contributed by atoms with Crippen LogP contribution in [0.15, 0.2) is 57.6 Å². The molecule has 5 heteroatoms. The van der Waals surface area contributed by atoms with E-state index in [-0.39, 0.29) is 40.0 Å². The highest BCUT2D eigenvalue weighted by molar-refractivity contribution is 6.02. The van der Waals surface area contributed by atoms with Gasteiger partial charge in [0.25, 0.3) is 0 Å². The molecule has 1 aromatic heterocycles. The molecule has 0 amide bonds. The van der Waals surface area contributed by atoms with E-state index in [0.717, 1.165) is 25.9 Å². The van der Waals surface area contributed by atoms with Crippen LogP contribution in [-0.2, 0) is 4.74 Å². The normalized spacial score (nSPS) is 17.2. The van der Waals surface area contributed by atoms with Crippen LogP contribution in [-0.4, -0.2) is 37.1 Å². The van der Waals surface area contributed by atoms with Gasteiger partial charge in [0.05, 0.1) is 12.2 Å². The Hall–Kier alpha value is -2.92. The molecule has 1 saturated heterocycles. The van der Waals surface area contributed by atoms with Crippen molar-refractivity contribution in [1.29, 1.82) is 0 Å². The fraction of sp³-hybridized carbons (Fsp3) is 0.333. The molecule has 0 atom stereocenters. The smallest absolute Gasteiger partial charge is 0.342 e. The summed E-state index contributed by atoms with van der Waals surface area (Å²) in [5.41, 5.74) is -0.590. The highest BCUT2D eigenvalue weighted by Gasteiger charge is 2.19. The summed E-state index contributed by atoms with van der Waals surface area (Å²) in [5.74, 6) is -0.815. The maximum absolute atomic E-state index is 13.1. The summed E-state index contributed by atoms with van der Waals surface area (Å²) >= 11 is 0. The molecule has 1 fully saturated rings. The van der Waals surface area contributed by atoms with Gasteiger partial charge in [0, 0.05) is 17.7 Å². The summed E-state index contributed by atoms with van der Waals surface area (Å²) in [6.45, 7) is 4.22. The lowest BCUT2D eigenvalue weighted by atomic mass is 10.0. The van der Waals surface area contributed by atoms with E-state index in [1.807, 2.05) is 0 Å². The van der Waals surface area contributed by atoms with Crippen LogP contribution in [0.2, 0.25) is 0 Å². The van der Waals surface area contributed by atoms with Crippen molar-refractivity contribution >= 4 is 16.9 Å². The summed E-state index contributed by atoms with van der Waals surface area (Å²) in [5, 5.41) is 0.152. The zero-order chi connectivity index (χ0) is 24.6. The molecule has 0 radical (unpaired) electrons. The van der Waals surface area contributed by atoms with Crippen LogP contribution in [0.25, 0.3) is 22.3 Å². The summed E-state index contributed by atoms with van der Waals surface area (Å²) in [4.78, 5) is 28.2. The number of hydrogen-bond donors (Lipinski definition) is 0. The van der Waals surface area contributed by atoms with Crippen molar-refractivity contribution in [2.24, 2.45) is 0 Å². The van der Waals surface area contributed by atoms with Gasteiger partial charge in [-0.3, -0.25) is 9.69 Å². The predicted molar refractivity (Wildman–Crippen MR) is 113 cm³/mol. The average Bonchev–Trinajstić information content (AvgIpc) is 2.84. The van der Waals surface area contributed by atoms with Crippen molar-refractivity contribution in [3.63, 3.8) is 0 Å². The van der Waals surface area contributed by atoms with Crippen LogP contribution >= 0.6 is 0 Å². The Morgan fingerprint density at radius 3 is 2.69 bits per heavy atom. The monoisotopic (exact) mass is 396 g/mol. The van der Waals surface area contributed by atoms with Gasteiger partial charge in [-0.15, -0.1) is 0 Å². The van der Waals surface area contributed by atoms with Crippen LogP contribution in [0.3, 0.4) is 0 Å². The molecule has 0 unspecified atom stereocenters. The molecule has 1 aliphatic heterocycles. The molecule has 2 aromatic carbocycles. The van der Waals surface area contributed by atoms with E-state index in [1.54, 1.807) is 6.07 Å². The Labute approximate surface area is 176 Å². The number of likely N-dealkylation sites (tertiary alicyclic amines) is 1. The van der Waals surface area contributed by atoms with Gasteiger partial charge in [-0.05, 0) is 45.0 Å². The lowest BCUT2D eigenvalue weighted by Crippen LogP contribution is -2.33. The molecule has 0 N–H and O–H groups in total. The molecule has 1 aliphatic rings. The lowest BCUT2D eigenvalue weighted by Gasteiger charge is -2.25. The second-order valence-corrected chi connectivity index (χ2v) is 7.11. The van der Waals surface area contributed by atoms with Crippen molar-refractivity contribution in [1.82, 2.24) is 4.90 Å². The van der Waals surface area contributed by atoms with Crippen molar-refractivity contribution in [3.8, 4) is 11.3 Å². The second-order valence-electron chi connectivity index (χ2n) is 7.11. The molecule has 0 bridgehead atoms. The van der Waals surface area contributed by atoms with Gasteiger partial charge in [0.2, 0.25) is 0 Å². The molecule has 150 valence electrons. The number of fused-ring (bicyclic) bond motifs is 1. The van der Waals surface area contributed by atoms with Crippen LogP contribution in [0.1, 0.15) is 42.0 Å². The van der Waals surface area contributed by atoms with Crippen molar-refractivity contribution in [2.45, 2.75) is 26.2 Å². The fourth-order valence-electron chi connectivity index (χ4n) is 3.60. The van der Waals surface area contributed by atoms with Gasteiger partial charge >= 0.3 is 5.97 Å². The predicted octanol–water partition coefficient (Wildman–Crippen LogP) is 4.41. The molecule has 0 spiro atoms. The lowest BCUT2D eigenvalue weighted by molar-refractivity contribution is 0.0453. The van der Waals surface area contributed by atoms with E-state index < -0.39 is 41.6 Å². The van der Waals surface area contributed by atoms with Crippen LogP contribution in [0.4, 0.5) is 0 Å². The van der Waals surface area contributed by atoms with Gasteiger partial charge in [0.15, 0.2) is 11.0 Å². The Morgan fingerprint density at radius 1 is 1.17 bits per heavy atom. The number of hydrogen-bond acceptors (Lipinski definition) is 5. The Balaban J connectivity index is 1.76. The number of rotatable bonds is 5. The van der Waals surface area contributed by atoms with E-state index in [1.165, 1.54) is 25.5 Å². The van der Waals surface area contributed by atoms with Crippen LogP contribution in [0.5, 0.6) is 0 Å². The first-order chi connectivity index (χ1) is 16.2. The Kier molecular flexibility index (Phi) is 4.20. The highest BCUT2D eigenvalue weighted by Crippen LogP contribution is 2.27. The summed E-state index contributed by atoms with van der Waals surface area (Å²) < 4.78 is 51.6. The largest absolute Gasteiger partial charge is 0.461 e. The number of piperidine rings is 1. The summed E-state index contributed by atoms with van der Waals surface area (Å²) in [6.07, 6.45) is 3.46. The minimum absolute atomic E-state index is 0.0390. The number of ether oxygens (including phenoxy) is 1. The molecule has 5 nitrogen and oxygen atoms in total. The second kappa shape index (κ2) is 8.62. The third-order valence-corrected chi connectivity index (χ3v) is 5.18. The maximum Gasteiger partial charge on any atom is 0.342 e. The molecule has 3 aromatic rings. The van der Waals surface area contributed by atoms with Crippen LogP contribution < -0.4 is 5.43 Å². The first kappa shape index (κ1) is 14.1. The number of carbonyl (C=O) groups is 1. The van der Waals surface area contributed by atoms with Gasteiger partial charge in [0.1, 0.15) is 17.9 Å². The topological polar surface area (TPSA) is 59.8 Å². The average molecular weight is 396 g/mol. The quantitative estimate of drug-likeness (QED) is 0.598. The van der Waals surface area contributed by atoms with Gasteiger partial charge in [-0.1, -0.05) is 42.7 Å². The first-order valence-electron chi connectivity index (χ1n) is 12.3. The van der Waals surface area contributed by atoms with Gasteiger partial charge < -0.3 is 9.15 Å². The van der Waals surface area contributed by atoms with Crippen molar-refractivity contribution < 1.29 is 20.8 Å². The molecule has 0 aliphatic carbocycles. The standard InChI is InChI=1S/C24H25NO4/c1-17-21(26)19-11-8-12-20(23(19)29-22(17)18-9-4-2-5-10-18)24(27)28-16-15-25-13-6-3-7-14-25/h2,4-5,8-12H,3,6-7,13-16H2,1H3/i2D,4D,5D,9D,10D. The molecule has 2 heterocycles. The third-order valence-electron chi connectivity index (χ3n) is 5.18. The minimum Gasteiger partial charge on any atom is -0.461 e. The SMILES string of the molecule is [2H]c1c([2H])c([2H])c(-c2oc3c(C(=O)OCCN4CCCCC4)cccc3c(=O)c2C)c([2H])c1[2H]. The van der Waals surface area contributed by atoms with Gasteiger partial charge in [-0.25, -0.2) is 4.79 Å². The van der Waals surface area contributed by atoms with Gasteiger partial charge in [-0.2, -0.15) is 0 Å². The number of benzene rings is 2. The Morgan fingerprint density at radius 2 is 1.93 bits per heavy atom. The van der Waals surface area contributed by atoms with E-state index in [0.29, 0.717) is 6.54 Å². The molecule has 29 heavy (non-hydrogen) atoms. The minimum atomic E-state index is -0.651. The number of esters is 1. The number of carbonyl (C=O) groups excluding carboxylic acids is 1. The fourth-order valence-corrected chi connectivity index (χ4v) is 3.60. The molecule has 4 rings (SSSR count). The highest BCUT2D eigenvalue weighted by atomic mass is 16.5. The number of para-hydroxylation sites is 1. The van der Waals surface area contributed by atoms with E-state index >= 15 is 0 Å². The van der Waals surface area contributed by atoms with E-state index in [9.17, 15) is 9.59 Å². The Bertz CT molecular complexity index is 1300. The van der Waals surface area contributed by atoms with E-state index in [2.05, 4.69) is 4.90 Å². The van der Waals surface area contributed by atoms with Crippen molar-refractivity contribution in [3.05, 3.63) is 69.8 Å². The zero-order valence-electron chi connectivity index (χ0n) is 21.3. The summed E-state index contributed by atoms with van der Waals surface area (Å²) in [7, 11) is 0. The van der Waals surface area contributed by atoms with Crippen LogP contribution in [0, 0.1) is 6.92 Å².